The Morgan fingerprint density at radius 3 is 1.53 bits per heavy atom. The Bertz CT molecular complexity index is 805. The van der Waals surface area contributed by atoms with Crippen LogP contribution in [0.25, 0.3) is 11.1 Å². The molecule has 0 N–H and O–H groups in total. The molecule has 0 atom stereocenters. The fraction of sp³-hybridized carbons (Fsp3) is 0.636. The molecule has 2 fully saturated rings. The van der Waals surface area contributed by atoms with Crippen LogP contribution in [0.1, 0.15) is 102 Å². The van der Waals surface area contributed by atoms with Crippen molar-refractivity contribution in [2.24, 2.45) is 23.7 Å². The van der Waals surface area contributed by atoms with Crippen molar-refractivity contribution in [1.29, 1.82) is 0 Å². The molecule has 0 bridgehead atoms. The van der Waals surface area contributed by atoms with Gasteiger partial charge < -0.3 is 0 Å². The standard InChI is InChI=1S/C33H47F/c1-2-3-4-5-26-8-16-30(17-9-26)31-18-10-27(11-19-31)6-7-28-12-20-32(21-13-28)33-22-14-29(15-23-33)24-25-34/h12-15,20-23,26-27,30-31H,2-11,16-19,24-25H2,1H3. The van der Waals surface area contributed by atoms with Crippen LogP contribution in [0.15, 0.2) is 48.5 Å². The number of rotatable bonds is 11. The minimum Gasteiger partial charge on any atom is -0.251 e. The number of alkyl halides is 1. The average molecular weight is 463 g/mol. The van der Waals surface area contributed by atoms with Crippen molar-refractivity contribution >= 4 is 0 Å². The SMILES string of the molecule is CCCCCC1CCC(C2CCC(CCc3ccc(-c4ccc(CCF)cc4)cc3)CC2)CC1. The second kappa shape index (κ2) is 13.5. The molecule has 186 valence electrons. The zero-order valence-corrected chi connectivity index (χ0v) is 21.6. The van der Waals surface area contributed by atoms with E-state index in [2.05, 4.69) is 55.5 Å². The summed E-state index contributed by atoms with van der Waals surface area (Å²) >= 11 is 0. The van der Waals surface area contributed by atoms with Gasteiger partial charge in [0.2, 0.25) is 0 Å². The number of benzene rings is 2. The summed E-state index contributed by atoms with van der Waals surface area (Å²) in [5.74, 6) is 4.06. The number of halogens is 1. The van der Waals surface area contributed by atoms with Crippen LogP contribution < -0.4 is 0 Å². The van der Waals surface area contributed by atoms with Gasteiger partial charge in [-0.25, -0.2) is 0 Å². The topological polar surface area (TPSA) is 0 Å². The number of hydrogen-bond acceptors (Lipinski definition) is 0. The van der Waals surface area contributed by atoms with Gasteiger partial charge in [0, 0.05) is 6.42 Å². The molecule has 1 heteroatoms. The minimum atomic E-state index is -0.282. The number of unbranched alkanes of at least 4 members (excludes halogenated alkanes) is 2. The molecule has 0 radical (unpaired) electrons. The van der Waals surface area contributed by atoms with Crippen LogP contribution in [0.3, 0.4) is 0 Å². The molecule has 34 heavy (non-hydrogen) atoms. The van der Waals surface area contributed by atoms with Crippen LogP contribution in [-0.4, -0.2) is 6.67 Å². The summed E-state index contributed by atoms with van der Waals surface area (Å²) < 4.78 is 12.5. The summed E-state index contributed by atoms with van der Waals surface area (Å²) in [7, 11) is 0. The Morgan fingerprint density at radius 2 is 1.06 bits per heavy atom. The first kappa shape index (κ1) is 25.5. The van der Waals surface area contributed by atoms with Crippen LogP contribution in [0.4, 0.5) is 4.39 Å². The largest absolute Gasteiger partial charge is 0.251 e. The first-order valence-corrected chi connectivity index (χ1v) is 14.5. The summed E-state index contributed by atoms with van der Waals surface area (Å²) in [6, 6.07) is 17.5. The Morgan fingerprint density at radius 1 is 0.588 bits per heavy atom. The third-order valence-corrected chi connectivity index (χ3v) is 9.13. The molecule has 2 aromatic rings. The predicted molar refractivity (Wildman–Crippen MR) is 145 cm³/mol. The number of aryl methyl sites for hydroxylation is 2. The highest BCUT2D eigenvalue weighted by Crippen LogP contribution is 2.43. The Balaban J connectivity index is 1.15. The van der Waals surface area contributed by atoms with Gasteiger partial charge in [-0.3, -0.25) is 4.39 Å². The molecule has 2 aliphatic carbocycles. The monoisotopic (exact) mass is 462 g/mol. The van der Waals surface area contributed by atoms with Crippen LogP contribution in [0.2, 0.25) is 0 Å². The van der Waals surface area contributed by atoms with Gasteiger partial charge in [-0.2, -0.15) is 0 Å². The van der Waals surface area contributed by atoms with Crippen LogP contribution >= 0.6 is 0 Å². The lowest BCUT2D eigenvalue weighted by atomic mass is 9.68. The van der Waals surface area contributed by atoms with Gasteiger partial charge in [0.05, 0.1) is 6.67 Å². The van der Waals surface area contributed by atoms with E-state index >= 15 is 0 Å². The van der Waals surface area contributed by atoms with E-state index in [1.165, 1.54) is 107 Å². The third kappa shape index (κ3) is 7.43. The van der Waals surface area contributed by atoms with Crippen molar-refractivity contribution in [3.63, 3.8) is 0 Å². The summed E-state index contributed by atoms with van der Waals surface area (Å²) in [4.78, 5) is 0. The quantitative estimate of drug-likeness (QED) is 0.291. The highest BCUT2D eigenvalue weighted by atomic mass is 19.1. The fourth-order valence-electron chi connectivity index (χ4n) is 6.79. The molecule has 0 spiro atoms. The van der Waals surface area contributed by atoms with Crippen molar-refractivity contribution in [2.75, 3.05) is 6.67 Å². The van der Waals surface area contributed by atoms with Crippen molar-refractivity contribution < 1.29 is 4.39 Å². The average Bonchev–Trinajstić information content (AvgIpc) is 2.89. The summed E-state index contributed by atoms with van der Waals surface area (Å²) in [5, 5.41) is 0. The molecule has 2 aliphatic rings. The molecular weight excluding hydrogens is 415 g/mol. The van der Waals surface area contributed by atoms with E-state index in [0.29, 0.717) is 6.42 Å². The molecule has 4 rings (SSSR count). The van der Waals surface area contributed by atoms with E-state index < -0.39 is 0 Å². The highest BCUT2D eigenvalue weighted by Gasteiger charge is 2.30. The van der Waals surface area contributed by atoms with E-state index in [0.717, 1.165) is 29.2 Å². The summed E-state index contributed by atoms with van der Waals surface area (Å²) in [5.41, 5.74) is 5.03. The lowest BCUT2D eigenvalue weighted by Crippen LogP contribution is -2.26. The summed E-state index contributed by atoms with van der Waals surface area (Å²) in [6.07, 6.45) is 20.9. The van der Waals surface area contributed by atoms with Gasteiger partial charge in [0.1, 0.15) is 0 Å². The van der Waals surface area contributed by atoms with Gasteiger partial charge in [-0.1, -0.05) is 107 Å². The van der Waals surface area contributed by atoms with Gasteiger partial charge in [0.15, 0.2) is 0 Å². The normalized spacial score (nSPS) is 25.4. The van der Waals surface area contributed by atoms with Crippen LogP contribution in [-0.2, 0) is 12.8 Å². The molecule has 0 aliphatic heterocycles. The van der Waals surface area contributed by atoms with Crippen LogP contribution in [0.5, 0.6) is 0 Å². The van der Waals surface area contributed by atoms with E-state index in [-0.39, 0.29) is 6.67 Å². The molecule has 0 heterocycles. The number of hydrogen-bond donors (Lipinski definition) is 0. The molecule has 2 saturated carbocycles. The Hall–Kier alpha value is -1.63. The van der Waals surface area contributed by atoms with Gasteiger partial charge in [-0.05, 0) is 84.5 Å². The summed E-state index contributed by atoms with van der Waals surface area (Å²) in [6.45, 7) is 2.04. The van der Waals surface area contributed by atoms with Crippen LogP contribution in [0, 0.1) is 23.7 Å². The predicted octanol–water partition coefficient (Wildman–Crippen LogP) is 9.99. The fourth-order valence-corrected chi connectivity index (χ4v) is 6.79. The molecule has 0 nitrogen and oxygen atoms in total. The van der Waals surface area contributed by atoms with E-state index in [1.807, 2.05) is 0 Å². The maximum atomic E-state index is 12.5. The van der Waals surface area contributed by atoms with Crippen molar-refractivity contribution in [3.8, 4) is 11.1 Å². The second-order valence-electron chi connectivity index (χ2n) is 11.4. The molecule has 0 saturated heterocycles. The maximum Gasteiger partial charge on any atom is 0.0934 e. The molecular formula is C33H47F. The smallest absolute Gasteiger partial charge is 0.0934 e. The highest BCUT2D eigenvalue weighted by molar-refractivity contribution is 5.64. The third-order valence-electron chi connectivity index (χ3n) is 9.13. The van der Waals surface area contributed by atoms with Crippen molar-refractivity contribution in [3.05, 3.63) is 59.7 Å². The van der Waals surface area contributed by atoms with Gasteiger partial charge in [-0.15, -0.1) is 0 Å². The molecule has 0 unspecified atom stereocenters. The first-order chi connectivity index (χ1) is 16.7. The van der Waals surface area contributed by atoms with E-state index in [9.17, 15) is 4.39 Å². The van der Waals surface area contributed by atoms with Crippen molar-refractivity contribution in [2.45, 2.75) is 103 Å². The Kier molecular flexibility index (Phi) is 10.1. The molecule has 0 aromatic heterocycles. The van der Waals surface area contributed by atoms with E-state index in [4.69, 9.17) is 0 Å². The minimum absolute atomic E-state index is 0.282. The maximum absolute atomic E-state index is 12.5. The van der Waals surface area contributed by atoms with Gasteiger partial charge in [0.25, 0.3) is 0 Å². The zero-order chi connectivity index (χ0) is 23.6. The molecule has 2 aromatic carbocycles. The first-order valence-electron chi connectivity index (χ1n) is 14.5. The lowest BCUT2D eigenvalue weighted by Gasteiger charge is -2.38. The Labute approximate surface area is 208 Å². The van der Waals surface area contributed by atoms with Gasteiger partial charge >= 0.3 is 0 Å². The lowest BCUT2D eigenvalue weighted by molar-refractivity contribution is 0.140. The van der Waals surface area contributed by atoms with Crippen molar-refractivity contribution in [1.82, 2.24) is 0 Å². The second-order valence-corrected chi connectivity index (χ2v) is 11.4. The zero-order valence-electron chi connectivity index (χ0n) is 21.6. The molecule has 0 amide bonds. The van der Waals surface area contributed by atoms with E-state index in [1.54, 1.807) is 0 Å².